The number of H-pyrrole nitrogens is 1. The summed E-state index contributed by atoms with van der Waals surface area (Å²) >= 11 is 0. The van der Waals surface area contributed by atoms with E-state index in [0.29, 0.717) is 12.2 Å². The number of hydrogen-bond acceptors (Lipinski definition) is 5. The largest absolute Gasteiger partial charge is 0.481 e. The van der Waals surface area contributed by atoms with E-state index in [0.717, 1.165) is 5.56 Å². The molecule has 8 nitrogen and oxygen atoms in total. The zero-order valence-electron chi connectivity index (χ0n) is 11.0. The Morgan fingerprint density at radius 2 is 2.00 bits per heavy atom. The molecule has 0 spiro atoms. The zero-order valence-corrected chi connectivity index (χ0v) is 11.8. The molecule has 0 aliphatic heterocycles. The second-order valence-electron chi connectivity index (χ2n) is 4.29. The number of aromatic nitrogens is 3. The highest BCUT2D eigenvalue weighted by molar-refractivity contribution is 7.89. The zero-order chi connectivity index (χ0) is 15.3. The summed E-state index contributed by atoms with van der Waals surface area (Å²) in [6.45, 7) is 0.0170. The maximum atomic E-state index is 12.0. The van der Waals surface area contributed by atoms with Crippen LogP contribution in [0.25, 0.3) is 0 Å². The molecule has 0 aliphatic rings. The molecular weight excluding hydrogens is 296 g/mol. The first-order valence-corrected chi connectivity index (χ1v) is 7.60. The average Bonchev–Trinajstić information content (AvgIpc) is 2.97. The highest BCUT2D eigenvalue weighted by Gasteiger charge is 2.14. The smallest absolute Gasteiger partial charge is 0.303 e. The van der Waals surface area contributed by atoms with Crippen molar-refractivity contribution in [3.05, 3.63) is 42.0 Å². The van der Waals surface area contributed by atoms with Crippen molar-refractivity contribution < 1.29 is 18.3 Å². The molecule has 0 fully saturated rings. The summed E-state index contributed by atoms with van der Waals surface area (Å²) in [5, 5.41) is 14.8. The van der Waals surface area contributed by atoms with E-state index in [4.69, 9.17) is 5.11 Å². The molecule has 3 N–H and O–H groups in total. The standard InChI is InChI=1S/C12H14N4O4S/c17-12(18)6-3-9-1-4-10(5-2-9)21(19,20)15-7-11-13-8-14-16-11/h1-2,4-5,8,15H,3,6-7H2,(H,17,18)(H,13,14,16). The lowest BCUT2D eigenvalue weighted by Gasteiger charge is -2.06. The van der Waals surface area contributed by atoms with Crippen molar-refractivity contribution >= 4 is 16.0 Å². The number of carbonyl (C=O) groups is 1. The number of hydrogen-bond donors (Lipinski definition) is 3. The molecule has 0 unspecified atom stereocenters. The second kappa shape index (κ2) is 6.46. The summed E-state index contributed by atoms with van der Waals surface area (Å²) in [7, 11) is -3.64. The molecule has 21 heavy (non-hydrogen) atoms. The number of aryl methyl sites for hydroxylation is 1. The van der Waals surface area contributed by atoms with Gasteiger partial charge in [0.25, 0.3) is 0 Å². The minimum atomic E-state index is -3.64. The van der Waals surface area contributed by atoms with E-state index in [2.05, 4.69) is 19.9 Å². The number of rotatable bonds is 7. The van der Waals surface area contributed by atoms with E-state index in [1.165, 1.54) is 18.5 Å². The van der Waals surface area contributed by atoms with Crippen LogP contribution in [0.5, 0.6) is 0 Å². The van der Waals surface area contributed by atoms with Gasteiger partial charge in [-0.15, -0.1) is 0 Å². The van der Waals surface area contributed by atoms with Crippen molar-refractivity contribution in [1.82, 2.24) is 19.9 Å². The SMILES string of the molecule is O=C(O)CCc1ccc(S(=O)(=O)NCc2ncn[nH]2)cc1. The first kappa shape index (κ1) is 15.1. The number of nitrogens with one attached hydrogen (secondary N) is 2. The number of benzene rings is 1. The van der Waals surface area contributed by atoms with Gasteiger partial charge in [0.15, 0.2) is 0 Å². The lowest BCUT2D eigenvalue weighted by molar-refractivity contribution is -0.136. The first-order valence-electron chi connectivity index (χ1n) is 6.12. The van der Waals surface area contributed by atoms with Gasteiger partial charge in [0.1, 0.15) is 12.2 Å². The predicted molar refractivity (Wildman–Crippen MR) is 72.8 cm³/mol. The van der Waals surface area contributed by atoms with Crippen molar-refractivity contribution in [1.29, 1.82) is 0 Å². The molecule has 0 radical (unpaired) electrons. The molecule has 0 bridgehead atoms. The van der Waals surface area contributed by atoms with Gasteiger partial charge in [-0.05, 0) is 24.1 Å². The summed E-state index contributed by atoms with van der Waals surface area (Å²) in [6.07, 6.45) is 1.66. The lowest BCUT2D eigenvalue weighted by Crippen LogP contribution is -2.23. The van der Waals surface area contributed by atoms with Crippen LogP contribution in [-0.4, -0.2) is 34.7 Å². The third-order valence-corrected chi connectivity index (χ3v) is 4.17. The van der Waals surface area contributed by atoms with Crippen LogP contribution in [0.2, 0.25) is 0 Å². The van der Waals surface area contributed by atoms with Crippen LogP contribution < -0.4 is 4.72 Å². The number of aliphatic carboxylic acids is 1. The molecule has 9 heteroatoms. The normalized spacial score (nSPS) is 11.4. The molecule has 0 atom stereocenters. The Labute approximate surface area is 121 Å². The van der Waals surface area contributed by atoms with E-state index in [1.807, 2.05) is 0 Å². The van der Waals surface area contributed by atoms with Gasteiger partial charge in [-0.3, -0.25) is 9.89 Å². The molecule has 1 aromatic carbocycles. The van der Waals surface area contributed by atoms with Crippen LogP contribution in [0.1, 0.15) is 17.8 Å². The minimum absolute atomic E-state index is 0.00976. The first-order chi connectivity index (χ1) is 9.97. The Hall–Kier alpha value is -2.26. The Morgan fingerprint density at radius 3 is 2.57 bits per heavy atom. The van der Waals surface area contributed by atoms with Crippen molar-refractivity contribution in [3.63, 3.8) is 0 Å². The van der Waals surface area contributed by atoms with Crippen molar-refractivity contribution in [2.24, 2.45) is 0 Å². The monoisotopic (exact) mass is 310 g/mol. The van der Waals surface area contributed by atoms with Gasteiger partial charge in [0.2, 0.25) is 10.0 Å². The molecular formula is C12H14N4O4S. The molecule has 0 saturated carbocycles. The maximum absolute atomic E-state index is 12.0. The third kappa shape index (κ3) is 4.36. The van der Waals surface area contributed by atoms with Gasteiger partial charge in [0.05, 0.1) is 11.4 Å². The topological polar surface area (TPSA) is 125 Å². The summed E-state index contributed by atoms with van der Waals surface area (Å²) in [4.78, 5) is 14.4. The maximum Gasteiger partial charge on any atom is 0.303 e. The second-order valence-corrected chi connectivity index (χ2v) is 6.06. The summed E-state index contributed by atoms with van der Waals surface area (Å²) in [5.41, 5.74) is 0.770. The van der Waals surface area contributed by atoms with E-state index < -0.39 is 16.0 Å². The fourth-order valence-electron chi connectivity index (χ4n) is 1.65. The van der Waals surface area contributed by atoms with Gasteiger partial charge in [-0.1, -0.05) is 12.1 Å². The molecule has 0 saturated heterocycles. The van der Waals surface area contributed by atoms with Crippen molar-refractivity contribution in [2.45, 2.75) is 24.3 Å². The molecule has 2 aromatic rings. The molecule has 112 valence electrons. The van der Waals surface area contributed by atoms with Gasteiger partial charge in [-0.2, -0.15) is 5.10 Å². The van der Waals surface area contributed by atoms with E-state index in [1.54, 1.807) is 12.1 Å². The van der Waals surface area contributed by atoms with Crippen LogP contribution in [0.4, 0.5) is 0 Å². The van der Waals surface area contributed by atoms with E-state index >= 15 is 0 Å². The number of aromatic amines is 1. The van der Waals surface area contributed by atoms with Crippen LogP contribution in [0.15, 0.2) is 35.5 Å². The highest BCUT2D eigenvalue weighted by Crippen LogP contribution is 2.12. The van der Waals surface area contributed by atoms with Crippen molar-refractivity contribution in [3.8, 4) is 0 Å². The van der Waals surface area contributed by atoms with Crippen LogP contribution in [-0.2, 0) is 27.8 Å². The quantitative estimate of drug-likeness (QED) is 0.675. The average molecular weight is 310 g/mol. The van der Waals surface area contributed by atoms with E-state index in [-0.39, 0.29) is 17.9 Å². The molecule has 1 heterocycles. The number of carboxylic acids is 1. The molecule has 1 aromatic heterocycles. The van der Waals surface area contributed by atoms with Gasteiger partial charge < -0.3 is 5.11 Å². The van der Waals surface area contributed by atoms with Crippen molar-refractivity contribution in [2.75, 3.05) is 0 Å². The Kier molecular flexibility index (Phi) is 4.66. The minimum Gasteiger partial charge on any atom is -0.481 e. The van der Waals surface area contributed by atoms with Crippen LogP contribution in [0, 0.1) is 0 Å². The Bertz CT molecular complexity index is 695. The fourth-order valence-corrected chi connectivity index (χ4v) is 2.64. The van der Waals surface area contributed by atoms with Crippen LogP contribution >= 0.6 is 0 Å². The lowest BCUT2D eigenvalue weighted by atomic mass is 10.1. The Balaban J connectivity index is 2.01. The highest BCUT2D eigenvalue weighted by atomic mass is 32.2. The van der Waals surface area contributed by atoms with Gasteiger partial charge in [0, 0.05) is 6.42 Å². The molecule has 0 aliphatic carbocycles. The predicted octanol–water partition coefficient (Wildman–Crippen LogP) is 0.300. The fraction of sp³-hybridized carbons (Fsp3) is 0.250. The Morgan fingerprint density at radius 1 is 1.29 bits per heavy atom. The third-order valence-electron chi connectivity index (χ3n) is 2.76. The summed E-state index contributed by atoms with van der Waals surface area (Å²) in [6, 6.07) is 6.09. The molecule has 2 rings (SSSR count). The van der Waals surface area contributed by atoms with E-state index in [9.17, 15) is 13.2 Å². The van der Waals surface area contributed by atoms with Gasteiger partial charge >= 0.3 is 5.97 Å². The number of sulfonamides is 1. The number of nitrogens with zero attached hydrogens (tertiary/aromatic N) is 2. The van der Waals surface area contributed by atoms with Gasteiger partial charge in [-0.25, -0.2) is 18.1 Å². The summed E-state index contributed by atoms with van der Waals surface area (Å²) < 4.78 is 26.5. The molecule has 0 amide bonds. The number of carboxylic acid groups (broad SMARTS) is 1. The van der Waals surface area contributed by atoms with Crippen LogP contribution in [0.3, 0.4) is 0 Å². The summed E-state index contributed by atoms with van der Waals surface area (Å²) in [5.74, 6) is -0.475.